The molecule has 0 fully saturated rings. The van der Waals surface area contributed by atoms with Gasteiger partial charge in [0.1, 0.15) is 23.8 Å². The second kappa shape index (κ2) is 13.4. The largest absolute Gasteiger partial charge is 0.255 e. The molecule has 0 bridgehead atoms. The highest BCUT2D eigenvalue weighted by Crippen LogP contribution is 1.90. The predicted octanol–water partition coefficient (Wildman–Crippen LogP) is 3.27. The third-order valence-electron chi connectivity index (χ3n) is 1.52. The van der Waals surface area contributed by atoms with Gasteiger partial charge < -0.3 is 0 Å². The Bertz CT molecular complexity index is 401. The molecule has 2 rings (SSSR count). The summed E-state index contributed by atoms with van der Waals surface area (Å²) in [6.07, 6.45) is 2.51. The highest BCUT2D eigenvalue weighted by molar-refractivity contribution is 4.91. The zero-order chi connectivity index (χ0) is 14.0. The van der Waals surface area contributed by atoms with Gasteiger partial charge in [0.2, 0.25) is 5.95 Å². The van der Waals surface area contributed by atoms with Crippen molar-refractivity contribution in [3.05, 3.63) is 42.0 Å². The lowest BCUT2D eigenvalue weighted by molar-refractivity contribution is 0.579. The molecule has 2 aromatic heterocycles. The molecule has 5 nitrogen and oxygen atoms in total. The SMILES string of the molecule is C.C.CF.Cc1nc(C)nc(C)n1.Fc1ccncn1. The number of rotatable bonds is 0. The van der Waals surface area contributed by atoms with Gasteiger partial charge in [-0.15, -0.1) is 0 Å². The molecule has 114 valence electrons. The van der Waals surface area contributed by atoms with E-state index in [9.17, 15) is 8.78 Å². The predicted molar refractivity (Wildman–Crippen MR) is 76.5 cm³/mol. The van der Waals surface area contributed by atoms with Gasteiger partial charge in [0.15, 0.2) is 0 Å². The van der Waals surface area contributed by atoms with E-state index in [1.165, 1.54) is 12.3 Å². The van der Waals surface area contributed by atoms with E-state index in [1.807, 2.05) is 20.8 Å². The van der Waals surface area contributed by atoms with Gasteiger partial charge in [-0.2, -0.15) is 4.39 Å². The molecule has 0 aliphatic rings. The maximum atomic E-state index is 11.8. The third-order valence-corrected chi connectivity index (χ3v) is 1.52. The Morgan fingerprint density at radius 2 is 1.25 bits per heavy atom. The van der Waals surface area contributed by atoms with Crippen molar-refractivity contribution in [1.82, 2.24) is 24.9 Å². The van der Waals surface area contributed by atoms with Crippen LogP contribution in [-0.4, -0.2) is 32.1 Å². The lowest BCUT2D eigenvalue weighted by Gasteiger charge is -1.94. The number of alkyl halides is 1. The Morgan fingerprint density at radius 1 is 0.850 bits per heavy atom. The summed E-state index contributed by atoms with van der Waals surface area (Å²) in [6.45, 7) is 5.59. The lowest BCUT2D eigenvalue weighted by atomic mass is 10.6. The van der Waals surface area contributed by atoms with Crippen LogP contribution in [0.4, 0.5) is 8.78 Å². The van der Waals surface area contributed by atoms with Gasteiger partial charge in [-0.05, 0) is 20.8 Å². The fourth-order valence-corrected chi connectivity index (χ4v) is 1.05. The maximum absolute atomic E-state index is 11.8. The van der Waals surface area contributed by atoms with Crippen LogP contribution in [0.25, 0.3) is 0 Å². The van der Waals surface area contributed by atoms with E-state index < -0.39 is 5.95 Å². The van der Waals surface area contributed by atoms with Crippen LogP contribution in [0.2, 0.25) is 0 Å². The van der Waals surface area contributed by atoms with Crippen LogP contribution >= 0.6 is 0 Å². The first-order valence-corrected chi connectivity index (χ1v) is 5.03. The summed E-state index contributed by atoms with van der Waals surface area (Å²) in [5.74, 6) is 1.88. The molecule has 0 unspecified atom stereocenters. The van der Waals surface area contributed by atoms with Crippen molar-refractivity contribution in [2.24, 2.45) is 0 Å². The second-order valence-corrected chi connectivity index (χ2v) is 3.01. The Kier molecular flexibility index (Phi) is 15.4. The third kappa shape index (κ3) is 11.1. The molecule has 2 heterocycles. The van der Waals surface area contributed by atoms with Gasteiger partial charge in [0, 0.05) is 12.3 Å². The van der Waals surface area contributed by atoms with E-state index in [4.69, 9.17) is 0 Å². The highest BCUT2D eigenvalue weighted by atomic mass is 19.1. The summed E-state index contributed by atoms with van der Waals surface area (Å²) < 4.78 is 21.3. The zero-order valence-corrected chi connectivity index (χ0v) is 10.7. The normalized spacial score (nSPS) is 7.70. The zero-order valence-electron chi connectivity index (χ0n) is 10.7. The van der Waals surface area contributed by atoms with Crippen LogP contribution < -0.4 is 0 Å². The summed E-state index contributed by atoms with van der Waals surface area (Å²) in [5.41, 5.74) is 0. The molecule has 0 saturated heterocycles. The Labute approximate surface area is 119 Å². The van der Waals surface area contributed by atoms with E-state index in [2.05, 4.69) is 24.9 Å². The minimum Gasteiger partial charge on any atom is -0.255 e. The van der Waals surface area contributed by atoms with Crippen molar-refractivity contribution in [2.45, 2.75) is 35.6 Å². The highest BCUT2D eigenvalue weighted by Gasteiger charge is 1.91. The van der Waals surface area contributed by atoms with Crippen LogP contribution in [0.3, 0.4) is 0 Å². The summed E-state index contributed by atoms with van der Waals surface area (Å²) in [6, 6.07) is 1.19. The molecule has 0 aliphatic carbocycles. The topological polar surface area (TPSA) is 64.5 Å². The molecule has 0 amide bonds. The van der Waals surface area contributed by atoms with Crippen LogP contribution in [0.5, 0.6) is 0 Å². The number of aryl methyl sites for hydroxylation is 3. The summed E-state index contributed by atoms with van der Waals surface area (Å²) in [5, 5.41) is 0. The molecule has 0 aliphatic heterocycles. The fourth-order valence-electron chi connectivity index (χ4n) is 1.05. The quantitative estimate of drug-likeness (QED) is 0.696. The van der Waals surface area contributed by atoms with Crippen molar-refractivity contribution >= 4 is 0 Å². The van der Waals surface area contributed by atoms with Gasteiger partial charge in [-0.3, -0.25) is 4.39 Å². The van der Waals surface area contributed by atoms with Crippen molar-refractivity contribution in [1.29, 1.82) is 0 Å². The Balaban J connectivity index is -0.000000240. The van der Waals surface area contributed by atoms with Crippen LogP contribution in [0.15, 0.2) is 18.6 Å². The van der Waals surface area contributed by atoms with E-state index >= 15 is 0 Å². The average Bonchev–Trinajstić information content (AvgIpc) is 2.31. The molecule has 7 heteroatoms. The molecule has 2 aromatic rings. The first-order chi connectivity index (χ1) is 8.58. The van der Waals surface area contributed by atoms with Gasteiger partial charge in [0.25, 0.3) is 0 Å². The molecular weight excluding hydrogens is 264 g/mol. The Morgan fingerprint density at radius 3 is 1.45 bits per heavy atom. The average molecular weight is 287 g/mol. The van der Waals surface area contributed by atoms with E-state index in [0.29, 0.717) is 7.18 Å². The smallest absolute Gasteiger partial charge is 0.215 e. The number of halogens is 2. The summed E-state index contributed by atoms with van der Waals surface area (Å²) in [4.78, 5) is 18.7. The van der Waals surface area contributed by atoms with Gasteiger partial charge >= 0.3 is 0 Å². The van der Waals surface area contributed by atoms with Crippen molar-refractivity contribution < 1.29 is 8.78 Å². The molecule has 0 N–H and O–H groups in total. The number of hydrogen-bond donors (Lipinski definition) is 0. The lowest BCUT2D eigenvalue weighted by Crippen LogP contribution is -1.97. The first kappa shape index (κ1) is 23.1. The van der Waals surface area contributed by atoms with E-state index in [0.717, 1.165) is 23.8 Å². The van der Waals surface area contributed by atoms with E-state index in [-0.39, 0.29) is 14.9 Å². The van der Waals surface area contributed by atoms with Crippen LogP contribution in [-0.2, 0) is 0 Å². The van der Waals surface area contributed by atoms with Crippen molar-refractivity contribution in [3.8, 4) is 0 Å². The summed E-state index contributed by atoms with van der Waals surface area (Å²) in [7, 11) is 0.500. The molecule has 0 saturated carbocycles. The number of hydrogen-bond acceptors (Lipinski definition) is 5. The van der Waals surface area contributed by atoms with Crippen molar-refractivity contribution in [3.63, 3.8) is 0 Å². The standard InChI is InChI=1S/C6H9N3.C4H3FN2.CH3F.2CH4/c1-4-7-5(2)9-6(3)8-4;5-4-1-2-6-3-7-4;1-2;;/h1-3H3;1-3H;1H3;2*1H4. The van der Waals surface area contributed by atoms with Gasteiger partial charge in [-0.1, -0.05) is 14.9 Å². The summed E-state index contributed by atoms with van der Waals surface area (Å²) >= 11 is 0. The monoisotopic (exact) mass is 287 g/mol. The molecule has 0 aromatic carbocycles. The number of nitrogens with zero attached hydrogens (tertiary/aromatic N) is 5. The second-order valence-electron chi connectivity index (χ2n) is 3.01. The minimum atomic E-state index is -0.491. The molecular formula is C13H23F2N5. The van der Waals surface area contributed by atoms with Gasteiger partial charge in [-0.25, -0.2) is 24.9 Å². The fraction of sp³-hybridized carbons (Fsp3) is 0.462. The van der Waals surface area contributed by atoms with Crippen molar-refractivity contribution in [2.75, 3.05) is 7.18 Å². The minimum absolute atomic E-state index is 0. The maximum Gasteiger partial charge on any atom is 0.215 e. The van der Waals surface area contributed by atoms with Gasteiger partial charge in [0.05, 0.1) is 7.18 Å². The molecule has 0 spiro atoms. The number of aromatic nitrogens is 5. The van der Waals surface area contributed by atoms with Crippen LogP contribution in [0, 0.1) is 26.7 Å². The first-order valence-electron chi connectivity index (χ1n) is 5.03. The molecule has 0 radical (unpaired) electrons. The Hall–Kier alpha value is -2.05. The van der Waals surface area contributed by atoms with E-state index in [1.54, 1.807) is 0 Å². The molecule has 0 atom stereocenters. The van der Waals surface area contributed by atoms with Crippen LogP contribution in [0.1, 0.15) is 32.3 Å². The molecule has 20 heavy (non-hydrogen) atoms.